The van der Waals surface area contributed by atoms with Gasteiger partial charge in [0, 0.05) is 6.54 Å². The van der Waals surface area contributed by atoms with Crippen LogP contribution in [0.3, 0.4) is 0 Å². The van der Waals surface area contributed by atoms with Crippen molar-refractivity contribution in [2.75, 3.05) is 27.4 Å². The highest BCUT2D eigenvalue weighted by molar-refractivity contribution is 5.53. The topological polar surface area (TPSA) is 53.7 Å². The lowest BCUT2D eigenvalue weighted by Crippen LogP contribution is -2.10. The van der Waals surface area contributed by atoms with E-state index < -0.39 is 0 Å². The lowest BCUT2D eigenvalue weighted by Gasteiger charge is -2.15. The SMILES string of the molecule is C=C(CN)COc1c(OC)cc(C)cc1OC. The summed E-state index contributed by atoms with van der Waals surface area (Å²) in [5.74, 6) is 1.87. The van der Waals surface area contributed by atoms with Crippen LogP contribution in [0.5, 0.6) is 17.2 Å². The smallest absolute Gasteiger partial charge is 0.203 e. The van der Waals surface area contributed by atoms with Gasteiger partial charge in [-0.15, -0.1) is 0 Å². The minimum absolute atomic E-state index is 0.353. The van der Waals surface area contributed by atoms with Crippen molar-refractivity contribution in [1.29, 1.82) is 0 Å². The third kappa shape index (κ3) is 3.39. The molecule has 17 heavy (non-hydrogen) atoms. The van der Waals surface area contributed by atoms with E-state index in [4.69, 9.17) is 19.9 Å². The van der Waals surface area contributed by atoms with Crippen molar-refractivity contribution in [1.82, 2.24) is 0 Å². The van der Waals surface area contributed by atoms with Crippen molar-refractivity contribution >= 4 is 0 Å². The first kappa shape index (κ1) is 13.4. The average Bonchev–Trinajstić information content (AvgIpc) is 2.35. The molecule has 0 aliphatic rings. The summed E-state index contributed by atoms with van der Waals surface area (Å²) in [5, 5.41) is 0. The Morgan fingerprint density at radius 3 is 2.18 bits per heavy atom. The second-order valence-corrected chi connectivity index (χ2v) is 3.74. The van der Waals surface area contributed by atoms with E-state index in [2.05, 4.69) is 6.58 Å². The molecule has 0 bridgehead atoms. The first-order valence-electron chi connectivity index (χ1n) is 5.34. The van der Waals surface area contributed by atoms with Crippen LogP contribution in [-0.2, 0) is 0 Å². The minimum Gasteiger partial charge on any atom is -0.493 e. The summed E-state index contributed by atoms with van der Waals surface area (Å²) in [6, 6.07) is 3.78. The third-order valence-electron chi connectivity index (χ3n) is 2.31. The molecule has 1 aromatic rings. The van der Waals surface area contributed by atoms with Crippen LogP contribution in [0.1, 0.15) is 5.56 Å². The number of ether oxygens (including phenoxy) is 3. The number of hydrogen-bond donors (Lipinski definition) is 1. The van der Waals surface area contributed by atoms with E-state index in [1.54, 1.807) is 14.2 Å². The van der Waals surface area contributed by atoms with Crippen molar-refractivity contribution in [2.45, 2.75) is 6.92 Å². The predicted octanol–water partition coefficient (Wildman–Crippen LogP) is 1.91. The number of rotatable bonds is 6. The lowest BCUT2D eigenvalue weighted by atomic mass is 10.2. The predicted molar refractivity (Wildman–Crippen MR) is 68.0 cm³/mol. The first-order chi connectivity index (χ1) is 8.12. The molecule has 2 N–H and O–H groups in total. The maximum Gasteiger partial charge on any atom is 0.203 e. The second kappa shape index (κ2) is 6.15. The Labute approximate surface area is 102 Å². The molecular formula is C13H19NO3. The molecule has 0 saturated heterocycles. The van der Waals surface area contributed by atoms with Crippen LogP contribution in [-0.4, -0.2) is 27.4 Å². The molecule has 0 radical (unpaired) electrons. The average molecular weight is 237 g/mol. The van der Waals surface area contributed by atoms with E-state index in [9.17, 15) is 0 Å². The van der Waals surface area contributed by atoms with Crippen LogP contribution < -0.4 is 19.9 Å². The second-order valence-electron chi connectivity index (χ2n) is 3.74. The van der Waals surface area contributed by atoms with Crippen molar-refractivity contribution in [3.05, 3.63) is 29.8 Å². The Balaban J connectivity index is 2.98. The highest BCUT2D eigenvalue weighted by Gasteiger charge is 2.13. The summed E-state index contributed by atoms with van der Waals surface area (Å²) in [4.78, 5) is 0. The van der Waals surface area contributed by atoms with Crippen LogP contribution in [0.25, 0.3) is 0 Å². The number of methoxy groups -OCH3 is 2. The van der Waals surface area contributed by atoms with E-state index in [0.29, 0.717) is 30.4 Å². The van der Waals surface area contributed by atoms with E-state index in [-0.39, 0.29) is 0 Å². The summed E-state index contributed by atoms with van der Waals surface area (Å²) >= 11 is 0. The molecule has 0 aromatic heterocycles. The molecule has 4 heteroatoms. The number of benzene rings is 1. The lowest BCUT2D eigenvalue weighted by molar-refractivity contribution is 0.294. The van der Waals surface area contributed by atoms with E-state index >= 15 is 0 Å². The fourth-order valence-corrected chi connectivity index (χ4v) is 1.39. The molecule has 0 saturated carbocycles. The van der Waals surface area contributed by atoms with Gasteiger partial charge in [0.15, 0.2) is 11.5 Å². The molecular weight excluding hydrogens is 218 g/mol. The zero-order chi connectivity index (χ0) is 12.8. The van der Waals surface area contributed by atoms with Gasteiger partial charge in [-0.2, -0.15) is 0 Å². The Morgan fingerprint density at radius 1 is 1.24 bits per heavy atom. The van der Waals surface area contributed by atoms with Gasteiger partial charge in [-0.25, -0.2) is 0 Å². The summed E-state index contributed by atoms with van der Waals surface area (Å²) < 4.78 is 16.2. The fraction of sp³-hybridized carbons (Fsp3) is 0.385. The Hall–Kier alpha value is -1.68. The highest BCUT2D eigenvalue weighted by atomic mass is 16.5. The molecule has 4 nitrogen and oxygen atoms in total. The van der Waals surface area contributed by atoms with Crippen molar-refractivity contribution < 1.29 is 14.2 Å². The highest BCUT2D eigenvalue weighted by Crippen LogP contribution is 2.38. The van der Waals surface area contributed by atoms with Crippen LogP contribution in [0, 0.1) is 6.92 Å². The third-order valence-corrected chi connectivity index (χ3v) is 2.31. The summed E-state index contributed by atoms with van der Waals surface area (Å²) in [6.45, 7) is 6.50. The molecule has 0 unspecified atom stereocenters. The Morgan fingerprint density at radius 2 is 1.76 bits per heavy atom. The van der Waals surface area contributed by atoms with Gasteiger partial charge in [-0.05, 0) is 30.2 Å². The molecule has 0 heterocycles. The minimum atomic E-state index is 0.353. The Kier molecular flexibility index (Phi) is 4.84. The number of hydrogen-bond acceptors (Lipinski definition) is 4. The van der Waals surface area contributed by atoms with Crippen LogP contribution in [0.2, 0.25) is 0 Å². The van der Waals surface area contributed by atoms with Gasteiger partial charge in [-0.3, -0.25) is 0 Å². The maximum absolute atomic E-state index is 5.63. The van der Waals surface area contributed by atoms with Crippen LogP contribution in [0.4, 0.5) is 0 Å². The van der Waals surface area contributed by atoms with E-state index in [1.807, 2.05) is 19.1 Å². The number of nitrogens with two attached hydrogens (primary N) is 1. The number of aryl methyl sites for hydroxylation is 1. The normalized spacial score (nSPS) is 9.88. The van der Waals surface area contributed by atoms with E-state index in [1.165, 1.54) is 0 Å². The van der Waals surface area contributed by atoms with Crippen molar-refractivity contribution in [3.8, 4) is 17.2 Å². The molecule has 1 aromatic carbocycles. The van der Waals surface area contributed by atoms with Gasteiger partial charge in [0.05, 0.1) is 14.2 Å². The van der Waals surface area contributed by atoms with Crippen molar-refractivity contribution in [2.24, 2.45) is 5.73 Å². The summed E-state index contributed by atoms with van der Waals surface area (Å²) in [5.41, 5.74) is 7.32. The quantitative estimate of drug-likeness (QED) is 0.768. The summed E-state index contributed by atoms with van der Waals surface area (Å²) in [6.07, 6.45) is 0. The van der Waals surface area contributed by atoms with E-state index in [0.717, 1.165) is 11.1 Å². The molecule has 0 spiro atoms. The van der Waals surface area contributed by atoms with Gasteiger partial charge in [0.1, 0.15) is 6.61 Å². The molecule has 0 aliphatic carbocycles. The zero-order valence-electron chi connectivity index (χ0n) is 10.6. The molecule has 0 aliphatic heterocycles. The van der Waals surface area contributed by atoms with Gasteiger partial charge >= 0.3 is 0 Å². The summed E-state index contributed by atoms with van der Waals surface area (Å²) in [7, 11) is 3.19. The standard InChI is InChI=1S/C13H19NO3/c1-9-5-11(15-3)13(12(6-9)16-4)17-8-10(2)7-14/h5-6H,2,7-8,14H2,1,3-4H3. The fourth-order valence-electron chi connectivity index (χ4n) is 1.39. The first-order valence-corrected chi connectivity index (χ1v) is 5.34. The Bertz CT molecular complexity index is 377. The maximum atomic E-state index is 5.63. The van der Waals surface area contributed by atoms with Gasteiger partial charge < -0.3 is 19.9 Å². The molecule has 1 rings (SSSR count). The monoisotopic (exact) mass is 237 g/mol. The van der Waals surface area contributed by atoms with Crippen LogP contribution >= 0.6 is 0 Å². The van der Waals surface area contributed by atoms with Crippen LogP contribution in [0.15, 0.2) is 24.3 Å². The zero-order valence-corrected chi connectivity index (χ0v) is 10.6. The van der Waals surface area contributed by atoms with Gasteiger partial charge in [0.25, 0.3) is 0 Å². The van der Waals surface area contributed by atoms with Crippen molar-refractivity contribution in [3.63, 3.8) is 0 Å². The molecule has 0 amide bonds. The molecule has 94 valence electrons. The molecule has 0 atom stereocenters. The largest absolute Gasteiger partial charge is 0.493 e. The van der Waals surface area contributed by atoms with Gasteiger partial charge in [0.2, 0.25) is 5.75 Å². The van der Waals surface area contributed by atoms with Gasteiger partial charge in [-0.1, -0.05) is 6.58 Å². The molecule has 0 fully saturated rings.